The second-order valence-corrected chi connectivity index (χ2v) is 2.95. The first-order valence-corrected chi connectivity index (χ1v) is 3.90. The fraction of sp³-hybridized carbons (Fsp3) is 0.375. The summed E-state index contributed by atoms with van der Waals surface area (Å²) in [6.45, 7) is 0. The number of nitrogens with two attached hydrogens (primary N) is 1. The summed E-state index contributed by atoms with van der Waals surface area (Å²) in [6.07, 6.45) is 3.95. The van der Waals surface area contributed by atoms with Gasteiger partial charge in [-0.05, 0) is 6.08 Å². The average molecular weight is 235 g/mol. The summed E-state index contributed by atoms with van der Waals surface area (Å²) in [5.41, 5.74) is 3.87. The molecule has 0 saturated heterocycles. The lowest BCUT2D eigenvalue weighted by Gasteiger charge is -2.21. The Kier molecular flexibility index (Phi) is 4.29. The van der Waals surface area contributed by atoms with Crippen LogP contribution in [0.25, 0.3) is 0 Å². The van der Waals surface area contributed by atoms with E-state index in [2.05, 4.69) is 4.74 Å². The van der Waals surface area contributed by atoms with E-state index in [-0.39, 0.29) is 24.5 Å². The highest BCUT2D eigenvalue weighted by atomic mass is 35.5. The molecular weight excluding hydrogens is 224 g/mol. The molecule has 0 aliphatic heterocycles. The molecule has 15 heavy (non-hydrogen) atoms. The minimum absolute atomic E-state index is 0. The summed E-state index contributed by atoms with van der Waals surface area (Å²) < 4.78 is 4.39. The van der Waals surface area contributed by atoms with Crippen molar-refractivity contribution in [1.82, 2.24) is 0 Å². The normalized spacial score (nSPS) is 23.7. The zero-order valence-electron chi connectivity index (χ0n) is 8.00. The molecule has 0 radical (unpaired) electrons. The van der Waals surface area contributed by atoms with Gasteiger partial charge >= 0.3 is 11.5 Å². The van der Waals surface area contributed by atoms with Gasteiger partial charge in [0.1, 0.15) is 0 Å². The highest BCUT2D eigenvalue weighted by Gasteiger charge is 2.51. The van der Waals surface area contributed by atoms with Gasteiger partial charge in [0.05, 0.1) is 13.5 Å². The van der Waals surface area contributed by atoms with Crippen molar-refractivity contribution in [1.29, 1.82) is 0 Å². The highest BCUT2D eigenvalue weighted by Crippen LogP contribution is 2.25. The Hall–Kier alpha value is -1.56. The standard InChI is InChI=1S/C8H10N2O4.ClH/c1-14-7(11)8(10(12)13)4-2-3-6(9)5-8;/h2-4H,5,9H2,1H3;1H. The van der Waals surface area contributed by atoms with Crippen molar-refractivity contribution < 1.29 is 14.5 Å². The molecule has 1 unspecified atom stereocenters. The van der Waals surface area contributed by atoms with Crippen molar-refractivity contribution in [2.24, 2.45) is 5.73 Å². The van der Waals surface area contributed by atoms with Crippen molar-refractivity contribution >= 4 is 18.4 Å². The highest BCUT2D eigenvalue weighted by molar-refractivity contribution is 5.85. The van der Waals surface area contributed by atoms with E-state index in [1.165, 1.54) is 18.2 Å². The minimum atomic E-state index is -1.85. The third-order valence-electron chi connectivity index (χ3n) is 2.02. The third-order valence-corrected chi connectivity index (χ3v) is 2.02. The molecule has 1 rings (SSSR count). The van der Waals surface area contributed by atoms with Gasteiger partial charge < -0.3 is 10.5 Å². The number of rotatable bonds is 2. The van der Waals surface area contributed by atoms with Gasteiger partial charge in [0.2, 0.25) is 0 Å². The molecule has 0 aromatic carbocycles. The van der Waals surface area contributed by atoms with Crippen LogP contribution in [0, 0.1) is 10.1 Å². The minimum Gasteiger partial charge on any atom is -0.463 e. The Labute approximate surface area is 92.3 Å². The summed E-state index contributed by atoms with van der Waals surface area (Å²) in [4.78, 5) is 21.4. The number of carbonyl (C=O) groups excluding carboxylic acids is 1. The van der Waals surface area contributed by atoms with Crippen LogP contribution >= 0.6 is 12.4 Å². The summed E-state index contributed by atoms with van der Waals surface area (Å²) in [7, 11) is 1.11. The van der Waals surface area contributed by atoms with Crippen LogP contribution in [0.15, 0.2) is 23.9 Å². The zero-order valence-corrected chi connectivity index (χ0v) is 8.82. The van der Waals surface area contributed by atoms with Gasteiger partial charge in [0.15, 0.2) is 0 Å². The molecule has 0 heterocycles. The molecule has 0 amide bonds. The van der Waals surface area contributed by atoms with Crippen molar-refractivity contribution in [2.75, 3.05) is 7.11 Å². The molecule has 1 aliphatic carbocycles. The first-order chi connectivity index (χ1) is 6.53. The van der Waals surface area contributed by atoms with Crippen molar-refractivity contribution in [3.8, 4) is 0 Å². The first kappa shape index (κ1) is 13.4. The van der Waals surface area contributed by atoms with Gasteiger partial charge in [-0.15, -0.1) is 12.4 Å². The Morgan fingerprint density at radius 1 is 1.73 bits per heavy atom. The molecular formula is C8H11ClN2O4. The van der Waals surface area contributed by atoms with Crippen molar-refractivity contribution in [3.05, 3.63) is 34.0 Å². The average Bonchev–Trinajstić information content (AvgIpc) is 2.16. The fourth-order valence-electron chi connectivity index (χ4n) is 1.28. The molecule has 1 atom stereocenters. The van der Waals surface area contributed by atoms with E-state index < -0.39 is 16.4 Å². The van der Waals surface area contributed by atoms with Crippen molar-refractivity contribution in [2.45, 2.75) is 12.0 Å². The number of allylic oxidation sites excluding steroid dienone is 2. The lowest BCUT2D eigenvalue weighted by atomic mass is 9.90. The molecule has 0 saturated carbocycles. The maximum absolute atomic E-state index is 11.3. The van der Waals surface area contributed by atoms with Crippen LogP contribution in [-0.4, -0.2) is 23.5 Å². The van der Waals surface area contributed by atoms with Gasteiger partial charge in [0, 0.05) is 16.7 Å². The number of hydrogen-bond donors (Lipinski definition) is 1. The monoisotopic (exact) mass is 234 g/mol. The van der Waals surface area contributed by atoms with Crippen LogP contribution in [0.3, 0.4) is 0 Å². The Morgan fingerprint density at radius 2 is 2.33 bits per heavy atom. The van der Waals surface area contributed by atoms with E-state index in [1.807, 2.05) is 0 Å². The molecule has 0 fully saturated rings. The van der Waals surface area contributed by atoms with Gasteiger partial charge in [-0.25, -0.2) is 4.79 Å². The number of methoxy groups -OCH3 is 1. The Bertz CT molecular complexity index is 340. The number of hydrogen-bond acceptors (Lipinski definition) is 5. The molecule has 0 spiro atoms. The van der Waals surface area contributed by atoms with Crippen LogP contribution in [0.4, 0.5) is 0 Å². The summed E-state index contributed by atoms with van der Waals surface area (Å²) in [6, 6.07) is 0. The second kappa shape index (κ2) is 4.79. The van der Waals surface area contributed by atoms with Gasteiger partial charge in [0.25, 0.3) is 0 Å². The summed E-state index contributed by atoms with van der Waals surface area (Å²) in [5, 5.41) is 10.8. The number of ether oxygens (including phenoxy) is 1. The molecule has 0 aromatic heterocycles. The molecule has 0 aromatic rings. The Morgan fingerprint density at radius 3 is 2.73 bits per heavy atom. The van der Waals surface area contributed by atoms with Crippen LogP contribution in [-0.2, 0) is 9.53 Å². The lowest BCUT2D eigenvalue weighted by Crippen LogP contribution is -2.47. The van der Waals surface area contributed by atoms with E-state index >= 15 is 0 Å². The summed E-state index contributed by atoms with van der Waals surface area (Å²) in [5.74, 6) is -0.908. The SMILES string of the molecule is COC(=O)C1([N+](=O)[O-])C=CC=C(N)C1.Cl. The smallest absolute Gasteiger partial charge is 0.389 e. The number of nitrogens with zero attached hydrogens (tertiary/aromatic N) is 1. The summed E-state index contributed by atoms with van der Waals surface area (Å²) >= 11 is 0. The van der Waals surface area contributed by atoms with Gasteiger partial charge in [-0.2, -0.15) is 0 Å². The fourth-order valence-corrected chi connectivity index (χ4v) is 1.28. The quantitative estimate of drug-likeness (QED) is 0.424. The molecule has 2 N–H and O–H groups in total. The third kappa shape index (κ3) is 2.27. The first-order valence-electron chi connectivity index (χ1n) is 3.90. The van der Waals surface area contributed by atoms with Gasteiger partial charge in [-0.3, -0.25) is 10.1 Å². The number of carbonyl (C=O) groups is 1. The second-order valence-electron chi connectivity index (χ2n) is 2.95. The van der Waals surface area contributed by atoms with Crippen LogP contribution in [0.1, 0.15) is 6.42 Å². The molecule has 7 heteroatoms. The van der Waals surface area contributed by atoms with E-state index in [0.29, 0.717) is 0 Å². The molecule has 1 aliphatic rings. The topological polar surface area (TPSA) is 95.5 Å². The van der Waals surface area contributed by atoms with E-state index in [9.17, 15) is 14.9 Å². The zero-order chi connectivity index (χ0) is 10.8. The molecule has 6 nitrogen and oxygen atoms in total. The van der Waals surface area contributed by atoms with Crippen molar-refractivity contribution in [3.63, 3.8) is 0 Å². The number of esters is 1. The largest absolute Gasteiger partial charge is 0.463 e. The van der Waals surface area contributed by atoms with E-state index in [0.717, 1.165) is 7.11 Å². The van der Waals surface area contributed by atoms with Gasteiger partial charge in [-0.1, -0.05) is 6.08 Å². The van der Waals surface area contributed by atoms with Crippen LogP contribution in [0.5, 0.6) is 0 Å². The van der Waals surface area contributed by atoms with E-state index in [4.69, 9.17) is 5.73 Å². The maximum atomic E-state index is 11.3. The predicted octanol–water partition coefficient (Wildman–Crippen LogP) is 0.399. The molecule has 0 bridgehead atoms. The van der Waals surface area contributed by atoms with Crippen LogP contribution in [0.2, 0.25) is 0 Å². The Balaban J connectivity index is 0.00000196. The van der Waals surface area contributed by atoms with Crippen LogP contribution < -0.4 is 5.73 Å². The predicted molar refractivity (Wildman–Crippen MR) is 55.0 cm³/mol. The van der Waals surface area contributed by atoms with E-state index in [1.54, 1.807) is 0 Å². The lowest BCUT2D eigenvalue weighted by molar-refractivity contribution is -0.540. The maximum Gasteiger partial charge on any atom is 0.389 e. The number of nitro groups is 1. The molecule has 84 valence electrons. The number of halogens is 1.